The van der Waals surface area contributed by atoms with Crippen LogP contribution < -0.4 is 10.0 Å². The summed E-state index contributed by atoms with van der Waals surface area (Å²) in [7, 11) is -1.91. The Balaban J connectivity index is 2.12. The fourth-order valence-electron chi connectivity index (χ4n) is 2.67. The van der Waals surface area contributed by atoms with Crippen molar-refractivity contribution in [1.82, 2.24) is 9.78 Å². The first-order valence-electron chi connectivity index (χ1n) is 6.86. The second-order valence-corrected chi connectivity index (χ2v) is 7.10. The number of sulfonamides is 1. The largest absolute Gasteiger partial charge is 0.324 e. The molecule has 6 nitrogen and oxygen atoms in total. The molecule has 1 atom stereocenters. The lowest BCUT2D eigenvalue weighted by atomic mass is 10.0. The first-order chi connectivity index (χ1) is 10.00. The molecule has 0 radical (unpaired) electrons. The summed E-state index contributed by atoms with van der Waals surface area (Å²) in [5.74, 6) is 0. The second kappa shape index (κ2) is 5.16. The number of para-hydroxylation sites is 1. The van der Waals surface area contributed by atoms with Gasteiger partial charge in [0, 0.05) is 25.8 Å². The Bertz CT molecular complexity index is 754. The average Bonchev–Trinajstić information content (AvgIpc) is 2.83. The van der Waals surface area contributed by atoms with Crippen LogP contribution in [0.4, 0.5) is 5.69 Å². The first-order valence-corrected chi connectivity index (χ1v) is 8.30. The van der Waals surface area contributed by atoms with Crippen LogP contribution in [0.1, 0.15) is 24.4 Å². The van der Waals surface area contributed by atoms with Gasteiger partial charge in [0.05, 0.1) is 11.9 Å². The SMILES string of the molecule is Cn1cc(S(=O)(=O)N2CCCC(N)c3ccccc32)cn1. The predicted molar refractivity (Wildman–Crippen MR) is 80.3 cm³/mol. The van der Waals surface area contributed by atoms with Crippen LogP contribution in [0.3, 0.4) is 0 Å². The van der Waals surface area contributed by atoms with E-state index in [4.69, 9.17) is 5.73 Å². The quantitative estimate of drug-likeness (QED) is 0.909. The zero-order valence-corrected chi connectivity index (χ0v) is 12.6. The molecule has 0 saturated heterocycles. The van der Waals surface area contributed by atoms with Crippen LogP contribution in [0.2, 0.25) is 0 Å². The van der Waals surface area contributed by atoms with Crippen LogP contribution in [0, 0.1) is 0 Å². The highest BCUT2D eigenvalue weighted by molar-refractivity contribution is 7.92. The lowest BCUT2D eigenvalue weighted by Crippen LogP contribution is -2.31. The van der Waals surface area contributed by atoms with Crippen LogP contribution in [0.15, 0.2) is 41.6 Å². The maximum Gasteiger partial charge on any atom is 0.267 e. The molecular formula is C14H18N4O2S. The highest BCUT2D eigenvalue weighted by atomic mass is 32.2. The zero-order chi connectivity index (χ0) is 15.0. The number of benzene rings is 1. The number of aryl methyl sites for hydroxylation is 1. The number of aromatic nitrogens is 2. The Kier molecular flexibility index (Phi) is 3.46. The van der Waals surface area contributed by atoms with Gasteiger partial charge in [0.2, 0.25) is 0 Å². The van der Waals surface area contributed by atoms with Gasteiger partial charge in [0.1, 0.15) is 4.90 Å². The third-order valence-electron chi connectivity index (χ3n) is 3.75. The van der Waals surface area contributed by atoms with Crippen molar-refractivity contribution in [3.8, 4) is 0 Å². The smallest absolute Gasteiger partial charge is 0.267 e. The summed E-state index contributed by atoms with van der Waals surface area (Å²) >= 11 is 0. The van der Waals surface area contributed by atoms with Crippen LogP contribution >= 0.6 is 0 Å². The molecule has 0 fully saturated rings. The van der Waals surface area contributed by atoms with Crippen molar-refractivity contribution in [2.24, 2.45) is 12.8 Å². The number of hydrogen-bond donors (Lipinski definition) is 1. The molecule has 0 saturated carbocycles. The Labute approximate surface area is 124 Å². The van der Waals surface area contributed by atoms with Gasteiger partial charge in [0.25, 0.3) is 10.0 Å². The van der Waals surface area contributed by atoms with Crippen molar-refractivity contribution >= 4 is 15.7 Å². The fraction of sp³-hybridized carbons (Fsp3) is 0.357. The van der Waals surface area contributed by atoms with Crippen molar-refractivity contribution in [3.63, 3.8) is 0 Å². The number of fused-ring (bicyclic) bond motifs is 1. The molecule has 21 heavy (non-hydrogen) atoms. The van der Waals surface area contributed by atoms with E-state index in [9.17, 15) is 8.42 Å². The molecule has 1 aromatic carbocycles. The predicted octanol–water partition coefficient (Wildman–Crippen LogP) is 1.41. The van der Waals surface area contributed by atoms with E-state index >= 15 is 0 Å². The Hall–Kier alpha value is -1.86. The molecule has 112 valence electrons. The molecule has 1 unspecified atom stereocenters. The lowest BCUT2D eigenvalue weighted by molar-refractivity contribution is 0.586. The Morgan fingerprint density at radius 3 is 2.81 bits per heavy atom. The van der Waals surface area contributed by atoms with Gasteiger partial charge in [0.15, 0.2) is 0 Å². The van der Waals surface area contributed by atoms with Gasteiger partial charge in [-0.05, 0) is 24.5 Å². The van der Waals surface area contributed by atoms with E-state index in [1.165, 1.54) is 21.4 Å². The normalized spacial score (nSPS) is 19.1. The van der Waals surface area contributed by atoms with Gasteiger partial charge in [-0.15, -0.1) is 0 Å². The summed E-state index contributed by atoms with van der Waals surface area (Å²) in [4.78, 5) is 0.204. The highest BCUT2D eigenvalue weighted by Gasteiger charge is 2.30. The van der Waals surface area contributed by atoms with Crippen molar-refractivity contribution in [3.05, 3.63) is 42.2 Å². The number of nitrogens with two attached hydrogens (primary N) is 1. The molecule has 0 aliphatic carbocycles. The van der Waals surface area contributed by atoms with E-state index in [-0.39, 0.29) is 10.9 Å². The van der Waals surface area contributed by atoms with Crippen molar-refractivity contribution in [1.29, 1.82) is 0 Å². The summed E-state index contributed by atoms with van der Waals surface area (Å²) in [6.45, 7) is 0.432. The summed E-state index contributed by atoms with van der Waals surface area (Å²) in [5.41, 5.74) is 7.71. The Morgan fingerprint density at radius 2 is 2.10 bits per heavy atom. The molecule has 1 aliphatic heterocycles. The van der Waals surface area contributed by atoms with Crippen LogP contribution in [-0.4, -0.2) is 24.7 Å². The molecule has 0 bridgehead atoms. The van der Waals surface area contributed by atoms with E-state index in [0.29, 0.717) is 12.2 Å². The first kappa shape index (κ1) is 14.1. The minimum Gasteiger partial charge on any atom is -0.324 e. The maximum atomic E-state index is 12.9. The van der Waals surface area contributed by atoms with E-state index in [2.05, 4.69) is 5.10 Å². The van der Waals surface area contributed by atoms with Crippen molar-refractivity contribution < 1.29 is 8.42 Å². The number of rotatable bonds is 2. The minimum absolute atomic E-state index is 0.129. The third-order valence-corrected chi connectivity index (χ3v) is 5.52. The van der Waals surface area contributed by atoms with Gasteiger partial charge in [-0.1, -0.05) is 18.2 Å². The van der Waals surface area contributed by atoms with Crippen LogP contribution in [-0.2, 0) is 17.1 Å². The molecule has 0 amide bonds. The molecular weight excluding hydrogens is 288 g/mol. The molecule has 2 N–H and O–H groups in total. The van der Waals surface area contributed by atoms with Gasteiger partial charge in [-0.25, -0.2) is 8.42 Å². The summed E-state index contributed by atoms with van der Waals surface area (Å²) < 4.78 is 28.6. The van der Waals surface area contributed by atoms with E-state index in [1.54, 1.807) is 7.05 Å². The lowest BCUT2D eigenvalue weighted by Gasteiger charge is -2.24. The average molecular weight is 306 g/mol. The second-order valence-electron chi connectivity index (χ2n) is 5.23. The molecule has 2 aromatic rings. The molecule has 3 rings (SSSR count). The maximum absolute atomic E-state index is 12.9. The molecule has 0 spiro atoms. The highest BCUT2D eigenvalue weighted by Crippen LogP contribution is 2.34. The fourth-order valence-corrected chi connectivity index (χ4v) is 4.18. The van der Waals surface area contributed by atoms with Gasteiger partial charge in [-0.3, -0.25) is 8.99 Å². The molecule has 2 heterocycles. The third kappa shape index (κ3) is 2.43. The van der Waals surface area contributed by atoms with Crippen LogP contribution in [0.25, 0.3) is 0 Å². The van der Waals surface area contributed by atoms with Crippen LogP contribution in [0.5, 0.6) is 0 Å². The Morgan fingerprint density at radius 1 is 1.33 bits per heavy atom. The minimum atomic E-state index is -3.61. The van der Waals surface area contributed by atoms with E-state index in [1.807, 2.05) is 24.3 Å². The van der Waals surface area contributed by atoms with Gasteiger partial charge >= 0.3 is 0 Å². The monoisotopic (exact) mass is 306 g/mol. The number of nitrogens with zero attached hydrogens (tertiary/aromatic N) is 3. The van der Waals surface area contributed by atoms with Gasteiger partial charge in [-0.2, -0.15) is 5.10 Å². The molecule has 7 heteroatoms. The summed E-state index contributed by atoms with van der Waals surface area (Å²) in [6, 6.07) is 7.31. The van der Waals surface area contributed by atoms with Crippen molar-refractivity contribution in [2.45, 2.75) is 23.8 Å². The number of hydrogen-bond acceptors (Lipinski definition) is 4. The van der Waals surface area contributed by atoms with Crippen molar-refractivity contribution in [2.75, 3.05) is 10.8 Å². The standard InChI is InChI=1S/C14H18N4O2S/c1-17-10-11(9-16-17)21(19,20)18-8-4-6-13(15)12-5-2-3-7-14(12)18/h2-3,5,7,9-10,13H,4,6,8,15H2,1H3. The van der Waals surface area contributed by atoms with E-state index in [0.717, 1.165) is 18.4 Å². The molecule has 1 aromatic heterocycles. The topological polar surface area (TPSA) is 81.2 Å². The summed E-state index contributed by atoms with van der Waals surface area (Å²) in [6.07, 6.45) is 4.40. The molecule has 1 aliphatic rings. The zero-order valence-electron chi connectivity index (χ0n) is 11.8. The summed E-state index contributed by atoms with van der Waals surface area (Å²) in [5, 5.41) is 3.96. The number of anilines is 1. The van der Waals surface area contributed by atoms with Gasteiger partial charge < -0.3 is 5.73 Å². The van der Waals surface area contributed by atoms with E-state index < -0.39 is 10.0 Å².